The van der Waals surface area contributed by atoms with Crippen LogP contribution in [0, 0.1) is 0 Å². The summed E-state index contributed by atoms with van der Waals surface area (Å²) in [7, 11) is 0. The van der Waals surface area contributed by atoms with Crippen LogP contribution in [-0.4, -0.2) is 38.1 Å². The molecule has 0 saturated carbocycles. The lowest BCUT2D eigenvalue weighted by Gasteiger charge is -2.29. The van der Waals surface area contributed by atoms with Crippen LogP contribution >= 0.6 is 11.6 Å². The van der Waals surface area contributed by atoms with E-state index in [2.05, 4.69) is 10.2 Å². The van der Waals surface area contributed by atoms with Crippen molar-refractivity contribution in [3.8, 4) is 5.75 Å². The molecule has 1 saturated heterocycles. The Hall–Kier alpha value is -2.73. The minimum absolute atomic E-state index is 0.0839. The van der Waals surface area contributed by atoms with Crippen molar-refractivity contribution in [2.45, 2.75) is 32.1 Å². The zero-order valence-electron chi connectivity index (χ0n) is 16.9. The van der Waals surface area contributed by atoms with Gasteiger partial charge in [0, 0.05) is 31.6 Å². The lowest BCUT2D eigenvalue weighted by molar-refractivity contribution is -0.122. The zero-order chi connectivity index (χ0) is 20.9. The number of nitrogens with zero attached hydrogens (tertiary/aromatic N) is 2. The van der Waals surface area contributed by atoms with Crippen molar-refractivity contribution in [2.75, 3.05) is 41.4 Å². The number of piperidine rings is 1. The number of anilines is 3. The third kappa shape index (κ3) is 4.70. The van der Waals surface area contributed by atoms with E-state index in [0.29, 0.717) is 29.6 Å². The van der Waals surface area contributed by atoms with Gasteiger partial charge >= 0.3 is 0 Å². The Balaban J connectivity index is 1.32. The van der Waals surface area contributed by atoms with E-state index in [1.165, 1.54) is 19.3 Å². The molecule has 2 aromatic carbocycles. The van der Waals surface area contributed by atoms with Crippen LogP contribution in [0.5, 0.6) is 5.75 Å². The summed E-state index contributed by atoms with van der Waals surface area (Å²) in [6.45, 7) is 2.97. The fourth-order valence-corrected chi connectivity index (χ4v) is 4.28. The molecule has 7 heteroatoms. The van der Waals surface area contributed by atoms with Crippen LogP contribution in [0.1, 0.15) is 32.1 Å². The van der Waals surface area contributed by atoms with Crippen LogP contribution < -0.4 is 19.9 Å². The van der Waals surface area contributed by atoms with Gasteiger partial charge in [0.1, 0.15) is 12.4 Å². The predicted octanol–water partition coefficient (Wildman–Crippen LogP) is 4.47. The number of ether oxygens (including phenoxy) is 1. The maximum absolute atomic E-state index is 12.7. The Kier molecular flexibility index (Phi) is 6.43. The summed E-state index contributed by atoms with van der Waals surface area (Å²) in [6.07, 6.45) is 3.87. The molecule has 0 atom stereocenters. The molecule has 2 aromatic rings. The number of carbonyl (C=O) groups is 2. The first kappa shape index (κ1) is 20.5. The number of hydrogen-bond acceptors (Lipinski definition) is 4. The van der Waals surface area contributed by atoms with Crippen LogP contribution in [0.3, 0.4) is 0 Å². The van der Waals surface area contributed by atoms with Gasteiger partial charge in [-0.1, -0.05) is 23.7 Å². The molecule has 2 amide bonds. The maximum atomic E-state index is 12.7. The van der Waals surface area contributed by atoms with E-state index in [0.717, 1.165) is 24.5 Å². The van der Waals surface area contributed by atoms with Crippen LogP contribution in [0.15, 0.2) is 42.5 Å². The van der Waals surface area contributed by atoms with E-state index in [9.17, 15) is 9.59 Å². The molecule has 0 aliphatic carbocycles. The van der Waals surface area contributed by atoms with Gasteiger partial charge in [0.25, 0.3) is 0 Å². The van der Waals surface area contributed by atoms with E-state index >= 15 is 0 Å². The fraction of sp³-hybridized carbons (Fsp3) is 0.391. The van der Waals surface area contributed by atoms with Crippen LogP contribution in [0.25, 0.3) is 0 Å². The lowest BCUT2D eigenvalue weighted by Crippen LogP contribution is -2.38. The second-order valence-electron chi connectivity index (χ2n) is 7.62. The number of rotatable bonds is 5. The highest BCUT2D eigenvalue weighted by Crippen LogP contribution is 2.32. The van der Waals surface area contributed by atoms with Crippen LogP contribution in [0.4, 0.5) is 17.1 Å². The van der Waals surface area contributed by atoms with Crippen molar-refractivity contribution in [2.24, 2.45) is 0 Å². The molecule has 6 nitrogen and oxygen atoms in total. The zero-order valence-corrected chi connectivity index (χ0v) is 17.7. The molecule has 0 radical (unpaired) electrons. The predicted molar refractivity (Wildman–Crippen MR) is 120 cm³/mol. The standard InChI is InChI=1S/C23H26ClN3O3/c24-18-16-17(8-9-19(18)26-12-4-1-5-13-26)25-22(28)10-11-23(29)27-14-15-30-21-7-3-2-6-20(21)27/h2-3,6-9,16H,1,4-5,10-15H2,(H,25,28). The first-order chi connectivity index (χ1) is 14.6. The molecule has 2 aliphatic heterocycles. The molecular formula is C23H26ClN3O3. The largest absolute Gasteiger partial charge is 0.490 e. The molecule has 2 aliphatic rings. The topological polar surface area (TPSA) is 61.9 Å². The number of hydrogen-bond donors (Lipinski definition) is 1. The first-order valence-corrected chi connectivity index (χ1v) is 10.9. The Morgan fingerprint density at radius 2 is 1.77 bits per heavy atom. The van der Waals surface area contributed by atoms with Crippen molar-refractivity contribution < 1.29 is 14.3 Å². The summed E-state index contributed by atoms with van der Waals surface area (Å²) in [5, 5.41) is 3.49. The van der Waals surface area contributed by atoms with Crippen molar-refractivity contribution in [1.82, 2.24) is 0 Å². The lowest BCUT2D eigenvalue weighted by atomic mass is 10.1. The van der Waals surface area contributed by atoms with Gasteiger partial charge in [0.05, 0.1) is 22.9 Å². The molecule has 0 unspecified atom stereocenters. The molecule has 1 fully saturated rings. The Morgan fingerprint density at radius 3 is 2.57 bits per heavy atom. The van der Waals surface area contributed by atoms with E-state index in [4.69, 9.17) is 16.3 Å². The Morgan fingerprint density at radius 1 is 0.967 bits per heavy atom. The fourth-order valence-electron chi connectivity index (χ4n) is 3.98. The third-order valence-corrected chi connectivity index (χ3v) is 5.83. The molecule has 2 heterocycles. The Bertz CT molecular complexity index is 928. The molecular weight excluding hydrogens is 402 g/mol. The van der Waals surface area contributed by atoms with E-state index in [-0.39, 0.29) is 24.7 Å². The maximum Gasteiger partial charge on any atom is 0.227 e. The van der Waals surface area contributed by atoms with E-state index in [1.54, 1.807) is 11.0 Å². The summed E-state index contributed by atoms with van der Waals surface area (Å²) >= 11 is 6.46. The number of amides is 2. The number of halogens is 1. The number of benzene rings is 2. The molecule has 0 spiro atoms. The minimum atomic E-state index is -0.202. The number of nitrogens with one attached hydrogen (secondary N) is 1. The summed E-state index contributed by atoms with van der Waals surface area (Å²) in [4.78, 5) is 29.0. The van der Waals surface area contributed by atoms with Crippen molar-refractivity contribution in [3.05, 3.63) is 47.5 Å². The van der Waals surface area contributed by atoms with Crippen LogP contribution in [-0.2, 0) is 9.59 Å². The second kappa shape index (κ2) is 9.39. The van der Waals surface area contributed by atoms with E-state index < -0.39 is 0 Å². The SMILES string of the molecule is O=C(CCC(=O)N1CCOc2ccccc21)Nc1ccc(N2CCCCC2)c(Cl)c1. The summed E-state index contributed by atoms with van der Waals surface area (Å²) < 4.78 is 5.58. The second-order valence-corrected chi connectivity index (χ2v) is 8.03. The van der Waals surface area contributed by atoms with Crippen LogP contribution in [0.2, 0.25) is 5.02 Å². The number of carbonyl (C=O) groups excluding carboxylic acids is 2. The van der Waals surface area contributed by atoms with Crippen molar-refractivity contribution in [1.29, 1.82) is 0 Å². The van der Waals surface area contributed by atoms with Gasteiger partial charge < -0.3 is 19.9 Å². The highest BCUT2D eigenvalue weighted by Gasteiger charge is 2.23. The van der Waals surface area contributed by atoms with Gasteiger partial charge in [-0.05, 0) is 49.6 Å². The van der Waals surface area contributed by atoms with Crippen molar-refractivity contribution >= 4 is 40.5 Å². The molecule has 4 rings (SSSR count). The first-order valence-electron chi connectivity index (χ1n) is 10.5. The van der Waals surface area contributed by atoms with Gasteiger partial charge in [-0.3, -0.25) is 9.59 Å². The normalized spacial score (nSPS) is 15.9. The van der Waals surface area contributed by atoms with Crippen molar-refractivity contribution in [3.63, 3.8) is 0 Å². The average Bonchev–Trinajstić information content (AvgIpc) is 2.78. The quantitative estimate of drug-likeness (QED) is 0.764. The molecule has 0 aromatic heterocycles. The minimum Gasteiger partial charge on any atom is -0.490 e. The highest BCUT2D eigenvalue weighted by molar-refractivity contribution is 6.33. The molecule has 30 heavy (non-hydrogen) atoms. The van der Waals surface area contributed by atoms with Gasteiger partial charge in [-0.15, -0.1) is 0 Å². The summed E-state index contributed by atoms with van der Waals surface area (Å²) in [5.74, 6) is 0.413. The smallest absolute Gasteiger partial charge is 0.227 e. The number of para-hydroxylation sites is 2. The van der Waals surface area contributed by atoms with Gasteiger partial charge in [0.15, 0.2) is 0 Å². The average molecular weight is 428 g/mol. The highest BCUT2D eigenvalue weighted by atomic mass is 35.5. The van der Waals surface area contributed by atoms with E-state index in [1.807, 2.05) is 36.4 Å². The summed E-state index contributed by atoms with van der Waals surface area (Å²) in [5.41, 5.74) is 2.42. The van der Waals surface area contributed by atoms with Gasteiger partial charge in [0.2, 0.25) is 11.8 Å². The monoisotopic (exact) mass is 427 g/mol. The molecule has 0 bridgehead atoms. The third-order valence-electron chi connectivity index (χ3n) is 5.52. The number of fused-ring (bicyclic) bond motifs is 1. The van der Waals surface area contributed by atoms with Gasteiger partial charge in [-0.2, -0.15) is 0 Å². The van der Waals surface area contributed by atoms with Gasteiger partial charge in [-0.25, -0.2) is 0 Å². The summed E-state index contributed by atoms with van der Waals surface area (Å²) in [6, 6.07) is 13.1. The molecule has 158 valence electrons. The molecule has 1 N–H and O–H groups in total. The Labute approximate surface area is 181 Å².